The van der Waals surface area contributed by atoms with Crippen LogP contribution >= 0.6 is 23.4 Å². The Bertz CT molecular complexity index is 1100. The number of hydrogen-bond donors (Lipinski definition) is 1. The average Bonchev–Trinajstić information content (AvgIpc) is 2.69. The summed E-state index contributed by atoms with van der Waals surface area (Å²) >= 11 is 7.35. The molecule has 0 unspecified atom stereocenters. The van der Waals surface area contributed by atoms with Gasteiger partial charge in [0.15, 0.2) is 0 Å². The number of rotatable bonds is 6. The Morgan fingerprint density at radius 3 is 2.64 bits per heavy atom. The van der Waals surface area contributed by atoms with E-state index in [1.165, 1.54) is 29.5 Å². The highest BCUT2D eigenvalue weighted by Crippen LogP contribution is 2.31. The fourth-order valence-corrected chi connectivity index (χ4v) is 3.79. The van der Waals surface area contributed by atoms with Crippen molar-refractivity contribution < 1.29 is 14.3 Å². The van der Waals surface area contributed by atoms with E-state index in [0.717, 1.165) is 15.8 Å². The number of ether oxygens (including phenoxy) is 2. The van der Waals surface area contributed by atoms with Gasteiger partial charge in [-0.3, -0.25) is 9.59 Å². The SMILES string of the molecule is COc1ccc(OC)c(NC(=O)CSc2cc(=O)n(C)c3cc(Cl)ccc23)c1. The number of nitrogens with zero attached hydrogens (tertiary/aromatic N) is 1. The number of fused-ring (bicyclic) bond motifs is 1. The number of carbonyl (C=O) groups excluding carboxylic acids is 1. The maximum atomic E-state index is 12.5. The Hall–Kier alpha value is -2.64. The molecule has 1 N–H and O–H groups in total. The van der Waals surface area contributed by atoms with E-state index in [1.54, 1.807) is 44.5 Å². The maximum Gasteiger partial charge on any atom is 0.251 e. The zero-order chi connectivity index (χ0) is 20.3. The van der Waals surface area contributed by atoms with Gasteiger partial charge >= 0.3 is 0 Å². The number of amides is 1. The summed E-state index contributed by atoms with van der Waals surface area (Å²) in [6.45, 7) is 0. The number of aromatic nitrogens is 1. The van der Waals surface area contributed by atoms with Crippen LogP contribution in [0.15, 0.2) is 52.2 Å². The second kappa shape index (κ2) is 8.58. The Kier molecular flexibility index (Phi) is 6.16. The number of carbonyl (C=O) groups is 1. The van der Waals surface area contributed by atoms with Crippen LogP contribution in [0.1, 0.15) is 0 Å². The van der Waals surface area contributed by atoms with Crippen molar-refractivity contribution in [1.82, 2.24) is 4.57 Å². The number of pyridine rings is 1. The first-order valence-electron chi connectivity index (χ1n) is 8.37. The van der Waals surface area contributed by atoms with Crippen molar-refractivity contribution >= 4 is 45.9 Å². The summed E-state index contributed by atoms with van der Waals surface area (Å²) in [5, 5.41) is 4.23. The van der Waals surface area contributed by atoms with Crippen LogP contribution < -0.4 is 20.3 Å². The lowest BCUT2D eigenvalue weighted by Gasteiger charge is -2.13. The number of anilines is 1. The topological polar surface area (TPSA) is 69.6 Å². The van der Waals surface area contributed by atoms with Crippen molar-refractivity contribution in [2.45, 2.75) is 4.90 Å². The molecule has 6 nitrogen and oxygen atoms in total. The van der Waals surface area contributed by atoms with E-state index in [-0.39, 0.29) is 17.2 Å². The molecule has 3 rings (SSSR count). The standard InChI is InChI=1S/C20H19ClN2O4S/c1-23-16-8-12(21)4-6-14(16)18(10-20(23)25)28-11-19(24)22-15-9-13(26-2)5-7-17(15)27-3/h4-10H,11H2,1-3H3,(H,22,24). The number of nitrogens with one attached hydrogen (secondary N) is 1. The summed E-state index contributed by atoms with van der Waals surface area (Å²) in [5.41, 5.74) is 1.08. The van der Waals surface area contributed by atoms with Gasteiger partial charge in [-0.2, -0.15) is 0 Å². The summed E-state index contributed by atoms with van der Waals surface area (Å²) in [6, 6.07) is 12.0. The molecule has 0 aliphatic heterocycles. The Morgan fingerprint density at radius 2 is 1.93 bits per heavy atom. The molecule has 3 aromatic rings. The largest absolute Gasteiger partial charge is 0.497 e. The Balaban J connectivity index is 1.81. The van der Waals surface area contributed by atoms with E-state index < -0.39 is 0 Å². The van der Waals surface area contributed by atoms with Crippen LogP contribution in [0.4, 0.5) is 5.69 Å². The van der Waals surface area contributed by atoms with Crippen molar-refractivity contribution in [2.75, 3.05) is 25.3 Å². The molecule has 0 aliphatic carbocycles. The third kappa shape index (κ3) is 4.26. The zero-order valence-electron chi connectivity index (χ0n) is 15.6. The van der Waals surface area contributed by atoms with E-state index in [4.69, 9.17) is 21.1 Å². The van der Waals surface area contributed by atoms with Gasteiger partial charge in [0, 0.05) is 34.5 Å². The Labute approximate surface area is 171 Å². The van der Waals surface area contributed by atoms with Crippen LogP contribution in [0, 0.1) is 0 Å². The van der Waals surface area contributed by atoms with Gasteiger partial charge in [0.2, 0.25) is 5.91 Å². The molecule has 1 aromatic heterocycles. The van der Waals surface area contributed by atoms with E-state index in [1.807, 2.05) is 6.07 Å². The molecule has 28 heavy (non-hydrogen) atoms. The fraction of sp³-hybridized carbons (Fsp3) is 0.200. The van der Waals surface area contributed by atoms with Crippen LogP contribution in [0.2, 0.25) is 5.02 Å². The van der Waals surface area contributed by atoms with Gasteiger partial charge in [-0.1, -0.05) is 17.7 Å². The lowest BCUT2D eigenvalue weighted by molar-refractivity contribution is -0.113. The summed E-state index contributed by atoms with van der Waals surface area (Å²) in [7, 11) is 4.77. The molecular weight excluding hydrogens is 400 g/mol. The van der Waals surface area contributed by atoms with Crippen LogP contribution in [0.5, 0.6) is 11.5 Å². The molecule has 0 fully saturated rings. The quantitative estimate of drug-likeness (QED) is 0.614. The molecule has 0 saturated heterocycles. The number of halogens is 1. The zero-order valence-corrected chi connectivity index (χ0v) is 17.2. The van der Waals surface area contributed by atoms with Crippen molar-refractivity contribution in [3.8, 4) is 11.5 Å². The first-order chi connectivity index (χ1) is 13.4. The van der Waals surface area contributed by atoms with Gasteiger partial charge in [-0.05, 0) is 24.3 Å². The predicted molar refractivity (Wildman–Crippen MR) is 113 cm³/mol. The minimum atomic E-state index is -0.223. The molecule has 2 aromatic carbocycles. The Morgan fingerprint density at radius 1 is 1.14 bits per heavy atom. The van der Waals surface area contributed by atoms with Gasteiger partial charge in [0.25, 0.3) is 5.56 Å². The van der Waals surface area contributed by atoms with Crippen LogP contribution in [0.3, 0.4) is 0 Å². The number of aryl methyl sites for hydroxylation is 1. The third-order valence-corrected chi connectivity index (χ3v) is 5.50. The maximum absolute atomic E-state index is 12.5. The molecule has 1 heterocycles. The second-order valence-corrected chi connectivity index (χ2v) is 7.42. The summed E-state index contributed by atoms with van der Waals surface area (Å²) in [5.74, 6) is 1.05. The van der Waals surface area contributed by atoms with Crippen molar-refractivity contribution in [1.29, 1.82) is 0 Å². The molecule has 0 radical (unpaired) electrons. The van der Waals surface area contributed by atoms with Gasteiger partial charge in [-0.15, -0.1) is 11.8 Å². The molecule has 0 bridgehead atoms. The number of methoxy groups -OCH3 is 2. The van der Waals surface area contributed by atoms with Gasteiger partial charge in [-0.25, -0.2) is 0 Å². The smallest absolute Gasteiger partial charge is 0.251 e. The molecule has 0 spiro atoms. The molecular formula is C20H19ClN2O4S. The monoisotopic (exact) mass is 418 g/mol. The molecule has 1 amide bonds. The molecule has 0 atom stereocenters. The predicted octanol–water partition coefficient (Wildman–Crippen LogP) is 3.94. The average molecular weight is 419 g/mol. The van der Waals surface area contributed by atoms with Crippen molar-refractivity contribution in [3.05, 3.63) is 57.8 Å². The first-order valence-corrected chi connectivity index (χ1v) is 9.73. The number of benzene rings is 2. The van der Waals surface area contributed by atoms with Gasteiger partial charge in [0.1, 0.15) is 11.5 Å². The number of thioether (sulfide) groups is 1. The van der Waals surface area contributed by atoms with Crippen molar-refractivity contribution in [2.24, 2.45) is 7.05 Å². The highest BCUT2D eigenvalue weighted by atomic mass is 35.5. The summed E-state index contributed by atoms with van der Waals surface area (Å²) in [6.07, 6.45) is 0. The summed E-state index contributed by atoms with van der Waals surface area (Å²) < 4.78 is 12.0. The minimum absolute atomic E-state index is 0.130. The fourth-order valence-electron chi connectivity index (χ4n) is 2.76. The second-order valence-electron chi connectivity index (χ2n) is 5.97. The molecule has 146 valence electrons. The molecule has 8 heteroatoms. The lowest BCUT2D eigenvalue weighted by Crippen LogP contribution is -2.17. The lowest BCUT2D eigenvalue weighted by atomic mass is 10.2. The number of hydrogen-bond acceptors (Lipinski definition) is 5. The highest BCUT2D eigenvalue weighted by molar-refractivity contribution is 8.00. The first kappa shape index (κ1) is 20.1. The molecule has 0 aliphatic rings. The van der Waals surface area contributed by atoms with E-state index in [0.29, 0.717) is 22.2 Å². The van der Waals surface area contributed by atoms with E-state index >= 15 is 0 Å². The van der Waals surface area contributed by atoms with E-state index in [2.05, 4.69) is 5.32 Å². The van der Waals surface area contributed by atoms with E-state index in [9.17, 15) is 9.59 Å². The third-order valence-electron chi connectivity index (χ3n) is 4.21. The minimum Gasteiger partial charge on any atom is -0.497 e. The van der Waals surface area contributed by atoms with Crippen LogP contribution in [-0.2, 0) is 11.8 Å². The van der Waals surface area contributed by atoms with Gasteiger partial charge in [0.05, 0.1) is 31.2 Å². The van der Waals surface area contributed by atoms with Crippen LogP contribution in [0.25, 0.3) is 10.9 Å². The van der Waals surface area contributed by atoms with Crippen molar-refractivity contribution in [3.63, 3.8) is 0 Å². The molecule has 0 saturated carbocycles. The summed E-state index contributed by atoms with van der Waals surface area (Å²) in [4.78, 5) is 25.4. The normalized spacial score (nSPS) is 10.7. The van der Waals surface area contributed by atoms with Gasteiger partial charge < -0.3 is 19.4 Å². The van der Waals surface area contributed by atoms with Crippen LogP contribution in [-0.4, -0.2) is 30.4 Å². The highest BCUT2D eigenvalue weighted by Gasteiger charge is 2.12.